The molecule has 0 amide bonds. The van der Waals surface area contributed by atoms with Crippen LogP contribution in [0.2, 0.25) is 0 Å². The minimum absolute atomic E-state index is 0.0345. The van der Waals surface area contributed by atoms with Gasteiger partial charge in [0.25, 0.3) is 0 Å². The summed E-state index contributed by atoms with van der Waals surface area (Å²) in [6.07, 6.45) is 3.71. The summed E-state index contributed by atoms with van der Waals surface area (Å²) in [6, 6.07) is 4.94. The summed E-state index contributed by atoms with van der Waals surface area (Å²) in [4.78, 5) is 22.9. The van der Waals surface area contributed by atoms with E-state index in [9.17, 15) is 14.7 Å². The normalized spacial score (nSPS) is 11.7. The van der Waals surface area contributed by atoms with Gasteiger partial charge in [-0.2, -0.15) is 0 Å². The molecule has 0 aromatic heterocycles. The quantitative estimate of drug-likeness (QED) is 0.450. The number of phenolic OH excluding ortho intramolecular Hbond substituents is 1. The van der Waals surface area contributed by atoms with Crippen LogP contribution >= 0.6 is 0 Å². The van der Waals surface area contributed by atoms with E-state index in [4.69, 9.17) is 4.74 Å². The number of carbonyl (C=O) groups is 2. The molecule has 0 saturated carbocycles. The second kappa shape index (κ2) is 8.15. The van der Waals surface area contributed by atoms with Crippen molar-refractivity contribution in [2.24, 2.45) is 0 Å². The van der Waals surface area contributed by atoms with Crippen LogP contribution < -0.4 is 0 Å². The highest BCUT2D eigenvalue weighted by atomic mass is 16.5. The number of aromatic hydroxyl groups is 1. The number of benzene rings is 1. The molecule has 0 bridgehead atoms. The SMILES string of the molecule is C=CCOC(=O)C(CCC)c1cccc(O)c1CC=O. The number of aldehydes is 1. The van der Waals surface area contributed by atoms with Gasteiger partial charge in [-0.3, -0.25) is 4.79 Å². The van der Waals surface area contributed by atoms with Crippen LogP contribution in [-0.2, 0) is 20.7 Å². The highest BCUT2D eigenvalue weighted by Gasteiger charge is 2.24. The van der Waals surface area contributed by atoms with Crippen LogP contribution in [0.15, 0.2) is 30.9 Å². The third kappa shape index (κ3) is 3.95. The Bertz CT molecular complexity index is 479. The number of hydrogen-bond acceptors (Lipinski definition) is 4. The minimum atomic E-state index is -0.470. The van der Waals surface area contributed by atoms with Crippen molar-refractivity contribution in [2.75, 3.05) is 6.61 Å². The van der Waals surface area contributed by atoms with Crippen LogP contribution in [0.1, 0.15) is 36.8 Å². The lowest BCUT2D eigenvalue weighted by atomic mass is 9.89. The number of carbonyl (C=O) groups excluding carboxylic acids is 2. The van der Waals surface area contributed by atoms with E-state index >= 15 is 0 Å². The van der Waals surface area contributed by atoms with Crippen molar-refractivity contribution in [2.45, 2.75) is 32.1 Å². The zero-order valence-electron chi connectivity index (χ0n) is 11.7. The Balaban J connectivity index is 3.13. The van der Waals surface area contributed by atoms with E-state index in [1.54, 1.807) is 12.1 Å². The summed E-state index contributed by atoms with van der Waals surface area (Å²) in [5, 5.41) is 9.87. The molecule has 0 aliphatic carbocycles. The van der Waals surface area contributed by atoms with Gasteiger partial charge in [-0.15, -0.1) is 0 Å². The molecule has 0 aliphatic rings. The first-order valence-electron chi connectivity index (χ1n) is 6.67. The molecule has 0 radical (unpaired) electrons. The molecule has 0 spiro atoms. The van der Waals surface area contributed by atoms with Gasteiger partial charge < -0.3 is 14.6 Å². The number of rotatable bonds is 8. The van der Waals surface area contributed by atoms with E-state index in [0.717, 1.165) is 12.7 Å². The van der Waals surface area contributed by atoms with Gasteiger partial charge in [0.15, 0.2) is 0 Å². The molecule has 1 aromatic carbocycles. The molecule has 0 fully saturated rings. The average Bonchev–Trinajstić information content (AvgIpc) is 2.45. The smallest absolute Gasteiger partial charge is 0.313 e. The van der Waals surface area contributed by atoms with E-state index in [1.165, 1.54) is 12.1 Å². The number of phenols is 1. The second-order valence-corrected chi connectivity index (χ2v) is 4.48. The van der Waals surface area contributed by atoms with Crippen LogP contribution in [0, 0.1) is 0 Å². The highest BCUT2D eigenvalue weighted by molar-refractivity contribution is 5.79. The number of hydrogen-bond donors (Lipinski definition) is 1. The predicted octanol–water partition coefficient (Wildman–Crippen LogP) is 2.75. The second-order valence-electron chi connectivity index (χ2n) is 4.48. The molecular formula is C16H20O4. The van der Waals surface area contributed by atoms with Crippen molar-refractivity contribution >= 4 is 12.3 Å². The van der Waals surface area contributed by atoms with Gasteiger partial charge in [0.05, 0.1) is 5.92 Å². The maximum absolute atomic E-state index is 12.1. The molecule has 4 nitrogen and oxygen atoms in total. The lowest BCUT2D eigenvalue weighted by molar-refractivity contribution is -0.144. The number of esters is 1. The van der Waals surface area contributed by atoms with Gasteiger partial charge >= 0.3 is 5.97 Å². The van der Waals surface area contributed by atoms with Crippen molar-refractivity contribution in [3.63, 3.8) is 0 Å². The fraction of sp³-hybridized carbons (Fsp3) is 0.375. The van der Waals surface area contributed by atoms with Crippen LogP contribution in [0.4, 0.5) is 0 Å². The Hall–Kier alpha value is -2.10. The van der Waals surface area contributed by atoms with Crippen molar-refractivity contribution < 1.29 is 19.4 Å². The van der Waals surface area contributed by atoms with Crippen molar-refractivity contribution in [3.05, 3.63) is 42.0 Å². The molecule has 1 N–H and O–H groups in total. The maximum Gasteiger partial charge on any atom is 0.313 e. The summed E-state index contributed by atoms with van der Waals surface area (Å²) in [5.41, 5.74) is 1.16. The topological polar surface area (TPSA) is 63.6 Å². The summed E-state index contributed by atoms with van der Waals surface area (Å²) < 4.78 is 5.11. The van der Waals surface area contributed by atoms with Gasteiger partial charge in [0.2, 0.25) is 0 Å². The van der Waals surface area contributed by atoms with Gasteiger partial charge in [0.1, 0.15) is 18.6 Å². The minimum Gasteiger partial charge on any atom is -0.508 e. The lowest BCUT2D eigenvalue weighted by Gasteiger charge is -2.18. The highest BCUT2D eigenvalue weighted by Crippen LogP contribution is 2.31. The van der Waals surface area contributed by atoms with Crippen LogP contribution in [0.25, 0.3) is 0 Å². The summed E-state index contributed by atoms with van der Waals surface area (Å²) >= 11 is 0. The first kappa shape index (κ1) is 16.0. The van der Waals surface area contributed by atoms with E-state index in [-0.39, 0.29) is 24.7 Å². The van der Waals surface area contributed by atoms with Crippen molar-refractivity contribution in [3.8, 4) is 5.75 Å². The molecule has 0 aliphatic heterocycles. The summed E-state index contributed by atoms with van der Waals surface area (Å²) in [6.45, 7) is 5.63. The molecule has 0 heterocycles. The lowest BCUT2D eigenvalue weighted by Crippen LogP contribution is -2.18. The molecular weight excluding hydrogens is 256 g/mol. The Morgan fingerprint density at radius 2 is 2.25 bits per heavy atom. The molecule has 108 valence electrons. The Kier molecular flexibility index (Phi) is 6.50. The third-order valence-corrected chi connectivity index (χ3v) is 3.06. The maximum atomic E-state index is 12.1. The van der Waals surface area contributed by atoms with Crippen LogP contribution in [-0.4, -0.2) is 24.0 Å². The molecule has 1 unspecified atom stereocenters. The van der Waals surface area contributed by atoms with Crippen molar-refractivity contribution in [1.29, 1.82) is 0 Å². The van der Waals surface area contributed by atoms with E-state index in [0.29, 0.717) is 17.5 Å². The van der Waals surface area contributed by atoms with E-state index in [2.05, 4.69) is 6.58 Å². The molecule has 1 atom stereocenters. The van der Waals surface area contributed by atoms with Gasteiger partial charge in [-0.05, 0) is 18.1 Å². The zero-order chi connectivity index (χ0) is 15.0. The number of ether oxygens (including phenoxy) is 1. The van der Waals surface area contributed by atoms with Crippen LogP contribution in [0.3, 0.4) is 0 Å². The largest absolute Gasteiger partial charge is 0.508 e. The van der Waals surface area contributed by atoms with Crippen LogP contribution in [0.5, 0.6) is 5.75 Å². The third-order valence-electron chi connectivity index (χ3n) is 3.06. The van der Waals surface area contributed by atoms with Gasteiger partial charge in [-0.1, -0.05) is 38.1 Å². The standard InChI is InChI=1S/C16H20O4/c1-3-6-14(16(19)20-11-4-2)12-7-5-8-15(18)13(12)9-10-17/h4-5,7-8,10,14,18H,2-3,6,9,11H2,1H3. The predicted molar refractivity (Wildman–Crippen MR) is 76.7 cm³/mol. The van der Waals surface area contributed by atoms with E-state index in [1.807, 2.05) is 6.92 Å². The first-order valence-corrected chi connectivity index (χ1v) is 6.67. The van der Waals surface area contributed by atoms with Crippen molar-refractivity contribution in [1.82, 2.24) is 0 Å². The molecule has 0 saturated heterocycles. The zero-order valence-corrected chi connectivity index (χ0v) is 11.7. The van der Waals surface area contributed by atoms with E-state index < -0.39 is 5.92 Å². The molecule has 20 heavy (non-hydrogen) atoms. The molecule has 4 heteroatoms. The Morgan fingerprint density at radius 3 is 2.85 bits per heavy atom. The fourth-order valence-corrected chi connectivity index (χ4v) is 2.15. The fourth-order valence-electron chi connectivity index (χ4n) is 2.15. The molecule has 1 rings (SSSR count). The average molecular weight is 276 g/mol. The van der Waals surface area contributed by atoms with Gasteiger partial charge in [-0.25, -0.2) is 0 Å². The van der Waals surface area contributed by atoms with Gasteiger partial charge in [0, 0.05) is 12.0 Å². The summed E-state index contributed by atoms with van der Waals surface area (Å²) in [5.74, 6) is -0.793. The molecule has 1 aromatic rings. The first-order chi connectivity index (χ1) is 9.65. The Labute approximate surface area is 119 Å². The summed E-state index contributed by atoms with van der Waals surface area (Å²) in [7, 11) is 0. The Morgan fingerprint density at radius 1 is 1.50 bits per heavy atom. The monoisotopic (exact) mass is 276 g/mol.